The van der Waals surface area contributed by atoms with Crippen LogP contribution in [0.1, 0.15) is 34.8 Å². The van der Waals surface area contributed by atoms with Crippen LogP contribution < -0.4 is 5.73 Å². The van der Waals surface area contributed by atoms with Gasteiger partial charge in [0.05, 0.1) is 11.8 Å². The maximum Gasteiger partial charge on any atom is 0.198 e. The van der Waals surface area contributed by atoms with Gasteiger partial charge >= 0.3 is 0 Å². The molecule has 0 saturated carbocycles. The Labute approximate surface area is 106 Å². The topological polar surface area (TPSA) is 60.9 Å². The number of nitrogens with zero attached hydrogens (tertiary/aromatic N) is 2. The highest BCUT2D eigenvalue weighted by molar-refractivity contribution is 6.11. The van der Waals surface area contributed by atoms with Gasteiger partial charge in [-0.2, -0.15) is 5.10 Å². The molecule has 1 aromatic carbocycles. The van der Waals surface area contributed by atoms with Gasteiger partial charge in [0.2, 0.25) is 0 Å². The number of carbonyl (C=O) groups is 1. The third-order valence-corrected chi connectivity index (χ3v) is 2.80. The predicted molar refractivity (Wildman–Crippen MR) is 71.5 cm³/mol. The Hall–Kier alpha value is -2.10. The number of anilines is 1. The first-order chi connectivity index (χ1) is 8.61. The Balaban J connectivity index is 2.32. The molecule has 0 bridgehead atoms. The number of aryl methyl sites for hydroxylation is 2. The lowest BCUT2D eigenvalue weighted by Crippen LogP contribution is -2.05. The first kappa shape index (κ1) is 12.4. The second kappa shape index (κ2) is 5.04. The average Bonchev–Trinajstić information content (AvgIpc) is 2.80. The normalized spacial score (nSPS) is 10.6. The van der Waals surface area contributed by atoms with E-state index in [1.54, 1.807) is 23.1 Å². The van der Waals surface area contributed by atoms with Gasteiger partial charge in [-0.15, -0.1) is 0 Å². The molecule has 1 aromatic heterocycles. The minimum absolute atomic E-state index is 0.0708. The zero-order valence-electron chi connectivity index (χ0n) is 10.7. The fraction of sp³-hybridized carbons (Fsp3) is 0.286. The first-order valence-electron chi connectivity index (χ1n) is 6.05. The van der Waals surface area contributed by atoms with Gasteiger partial charge < -0.3 is 5.73 Å². The Bertz CT molecular complexity index is 572. The summed E-state index contributed by atoms with van der Waals surface area (Å²) in [6, 6.07) is 5.47. The molecule has 1 heterocycles. The Morgan fingerprint density at radius 3 is 2.94 bits per heavy atom. The molecule has 0 aliphatic carbocycles. The summed E-state index contributed by atoms with van der Waals surface area (Å²) >= 11 is 0. The molecule has 2 N–H and O–H groups in total. The van der Waals surface area contributed by atoms with E-state index in [4.69, 9.17) is 5.73 Å². The zero-order valence-corrected chi connectivity index (χ0v) is 10.7. The van der Waals surface area contributed by atoms with E-state index >= 15 is 0 Å². The molecule has 18 heavy (non-hydrogen) atoms. The van der Waals surface area contributed by atoms with Crippen molar-refractivity contribution in [2.75, 3.05) is 5.73 Å². The van der Waals surface area contributed by atoms with Gasteiger partial charge in [0.15, 0.2) is 5.78 Å². The lowest BCUT2D eigenvalue weighted by atomic mass is 10.0. The number of carbonyl (C=O) groups excluding carboxylic acids is 1. The number of nitrogen functional groups attached to an aromatic ring is 1. The first-order valence-corrected chi connectivity index (χ1v) is 6.05. The van der Waals surface area contributed by atoms with Gasteiger partial charge in [0.1, 0.15) is 0 Å². The lowest BCUT2D eigenvalue weighted by molar-refractivity contribution is 0.103. The van der Waals surface area contributed by atoms with Crippen LogP contribution in [0.15, 0.2) is 30.6 Å². The molecular weight excluding hydrogens is 226 g/mol. The van der Waals surface area contributed by atoms with Crippen LogP contribution in [0.3, 0.4) is 0 Å². The summed E-state index contributed by atoms with van der Waals surface area (Å²) < 4.78 is 1.78. The van der Waals surface area contributed by atoms with E-state index in [1.807, 2.05) is 19.1 Å². The van der Waals surface area contributed by atoms with E-state index in [9.17, 15) is 4.79 Å². The molecule has 0 spiro atoms. The minimum Gasteiger partial charge on any atom is -0.398 e. The van der Waals surface area contributed by atoms with Crippen molar-refractivity contribution >= 4 is 11.5 Å². The van der Waals surface area contributed by atoms with Crippen molar-refractivity contribution in [1.82, 2.24) is 9.78 Å². The van der Waals surface area contributed by atoms with Crippen LogP contribution in [0.2, 0.25) is 0 Å². The number of hydrogen-bond acceptors (Lipinski definition) is 3. The van der Waals surface area contributed by atoms with Crippen molar-refractivity contribution < 1.29 is 4.79 Å². The van der Waals surface area contributed by atoms with E-state index in [-0.39, 0.29) is 5.78 Å². The molecule has 94 valence electrons. The summed E-state index contributed by atoms with van der Waals surface area (Å²) in [6.45, 7) is 4.83. The second-order valence-corrected chi connectivity index (χ2v) is 4.41. The minimum atomic E-state index is -0.0708. The molecule has 0 amide bonds. The highest BCUT2D eigenvalue weighted by atomic mass is 16.1. The molecule has 0 atom stereocenters. The maximum absolute atomic E-state index is 12.3. The second-order valence-electron chi connectivity index (χ2n) is 4.41. The number of benzene rings is 1. The molecule has 4 heteroatoms. The summed E-state index contributed by atoms with van der Waals surface area (Å²) in [7, 11) is 0. The van der Waals surface area contributed by atoms with Crippen LogP contribution in [0.25, 0.3) is 0 Å². The Morgan fingerprint density at radius 2 is 2.22 bits per heavy atom. The molecular formula is C14H17N3O. The van der Waals surface area contributed by atoms with Gasteiger partial charge in [-0.3, -0.25) is 9.48 Å². The fourth-order valence-corrected chi connectivity index (χ4v) is 1.85. The third kappa shape index (κ3) is 2.42. The fourth-order valence-electron chi connectivity index (χ4n) is 1.85. The molecule has 0 unspecified atom stereocenters. The number of nitrogens with two attached hydrogens (primary N) is 1. The number of rotatable bonds is 4. The number of aromatic nitrogens is 2. The van der Waals surface area contributed by atoms with Crippen LogP contribution >= 0.6 is 0 Å². The number of ketones is 1. The summed E-state index contributed by atoms with van der Waals surface area (Å²) in [4.78, 5) is 12.3. The number of hydrogen-bond donors (Lipinski definition) is 1. The van der Waals surface area contributed by atoms with Crippen molar-refractivity contribution in [3.8, 4) is 0 Å². The summed E-state index contributed by atoms with van der Waals surface area (Å²) in [5.41, 5.74) is 8.51. The van der Waals surface area contributed by atoms with E-state index in [1.165, 1.54) is 0 Å². The SMILES string of the molecule is CCCn1cc(C(=O)c2cc(C)ccc2N)cn1. The molecule has 0 aliphatic rings. The highest BCUT2D eigenvalue weighted by Crippen LogP contribution is 2.18. The predicted octanol–water partition coefficient (Wildman–Crippen LogP) is 2.41. The zero-order chi connectivity index (χ0) is 13.1. The molecule has 0 fully saturated rings. The molecule has 0 aliphatic heterocycles. The van der Waals surface area contributed by atoms with Gasteiger partial charge in [-0.05, 0) is 25.5 Å². The molecule has 4 nitrogen and oxygen atoms in total. The third-order valence-electron chi connectivity index (χ3n) is 2.80. The largest absolute Gasteiger partial charge is 0.398 e. The average molecular weight is 243 g/mol. The van der Waals surface area contributed by atoms with E-state index < -0.39 is 0 Å². The quantitative estimate of drug-likeness (QED) is 0.662. The van der Waals surface area contributed by atoms with Gasteiger partial charge in [-0.25, -0.2) is 0 Å². The molecule has 0 saturated heterocycles. The van der Waals surface area contributed by atoms with Crippen LogP contribution in [0.4, 0.5) is 5.69 Å². The lowest BCUT2D eigenvalue weighted by Gasteiger charge is -2.04. The molecule has 2 rings (SSSR count). The molecule has 0 radical (unpaired) electrons. The van der Waals surface area contributed by atoms with Gasteiger partial charge in [0, 0.05) is 24.0 Å². The maximum atomic E-state index is 12.3. The van der Waals surface area contributed by atoms with Gasteiger partial charge in [0.25, 0.3) is 0 Å². The van der Waals surface area contributed by atoms with E-state index in [2.05, 4.69) is 12.0 Å². The van der Waals surface area contributed by atoms with Crippen molar-refractivity contribution in [2.45, 2.75) is 26.8 Å². The molecule has 2 aromatic rings. The van der Waals surface area contributed by atoms with E-state index in [0.717, 1.165) is 18.5 Å². The Kier molecular flexibility index (Phi) is 3.46. The van der Waals surface area contributed by atoms with Crippen molar-refractivity contribution in [3.63, 3.8) is 0 Å². The van der Waals surface area contributed by atoms with Crippen molar-refractivity contribution in [1.29, 1.82) is 0 Å². The smallest absolute Gasteiger partial charge is 0.198 e. The van der Waals surface area contributed by atoms with Crippen molar-refractivity contribution in [3.05, 3.63) is 47.3 Å². The monoisotopic (exact) mass is 243 g/mol. The van der Waals surface area contributed by atoms with E-state index in [0.29, 0.717) is 16.8 Å². The van der Waals surface area contributed by atoms with Crippen LogP contribution in [-0.4, -0.2) is 15.6 Å². The van der Waals surface area contributed by atoms with Crippen molar-refractivity contribution in [2.24, 2.45) is 0 Å². The van der Waals surface area contributed by atoms with Gasteiger partial charge in [-0.1, -0.05) is 18.6 Å². The standard InChI is InChI=1S/C14H17N3O/c1-3-6-17-9-11(8-16-17)14(18)12-7-10(2)4-5-13(12)15/h4-5,7-9H,3,6,15H2,1-2H3. The highest BCUT2D eigenvalue weighted by Gasteiger charge is 2.14. The Morgan fingerprint density at radius 1 is 1.44 bits per heavy atom. The van der Waals surface area contributed by atoms with Crippen LogP contribution in [0.5, 0.6) is 0 Å². The summed E-state index contributed by atoms with van der Waals surface area (Å²) in [6.07, 6.45) is 4.36. The summed E-state index contributed by atoms with van der Waals surface area (Å²) in [5, 5.41) is 4.16. The summed E-state index contributed by atoms with van der Waals surface area (Å²) in [5.74, 6) is -0.0708. The van der Waals surface area contributed by atoms with Crippen LogP contribution in [-0.2, 0) is 6.54 Å². The van der Waals surface area contributed by atoms with Crippen LogP contribution in [0, 0.1) is 6.92 Å².